The molecule has 0 spiro atoms. The van der Waals surface area contributed by atoms with Crippen LogP contribution in [-0.2, 0) is 32.0 Å². The number of thiophene rings is 1. The molecule has 1 aromatic rings. The van der Waals surface area contributed by atoms with Gasteiger partial charge in [-0.05, 0) is 65.1 Å². The van der Waals surface area contributed by atoms with E-state index in [1.165, 1.54) is 64.2 Å². The minimum absolute atomic E-state index is 0.00972. The fraction of sp³-hybridized carbons (Fsp3) is 0.811. The summed E-state index contributed by atoms with van der Waals surface area (Å²) in [5, 5.41) is 0. The lowest BCUT2D eigenvalue weighted by atomic mass is 9.94. The molecule has 0 radical (unpaired) electrons. The second-order valence-electron chi connectivity index (χ2n) is 13.2. The van der Waals surface area contributed by atoms with E-state index in [0.717, 1.165) is 60.3 Å². The zero-order chi connectivity index (χ0) is 32.9. The molecule has 0 bridgehead atoms. The molecule has 8 heteroatoms. The number of amides is 1. The van der Waals surface area contributed by atoms with E-state index < -0.39 is 0 Å². The number of hydrogen-bond acceptors (Lipinski definition) is 7. The van der Waals surface area contributed by atoms with Crippen molar-refractivity contribution < 1.29 is 23.9 Å². The first kappa shape index (κ1) is 39.2. The van der Waals surface area contributed by atoms with Crippen LogP contribution in [0.25, 0.3) is 0 Å². The van der Waals surface area contributed by atoms with Gasteiger partial charge in [0.15, 0.2) is 0 Å². The van der Waals surface area contributed by atoms with Gasteiger partial charge in [0.1, 0.15) is 6.61 Å². The van der Waals surface area contributed by atoms with E-state index in [1.54, 1.807) is 11.3 Å². The van der Waals surface area contributed by atoms with Gasteiger partial charge in [0.05, 0.1) is 24.6 Å². The van der Waals surface area contributed by atoms with E-state index in [9.17, 15) is 14.4 Å². The van der Waals surface area contributed by atoms with Crippen molar-refractivity contribution >= 4 is 29.2 Å². The summed E-state index contributed by atoms with van der Waals surface area (Å²) in [6, 6.07) is 0. The highest BCUT2D eigenvalue weighted by atomic mass is 32.1. The highest BCUT2D eigenvalue weighted by Gasteiger charge is 2.29. The Hall–Kier alpha value is -1.93. The molecule has 1 aromatic heterocycles. The zero-order valence-corrected chi connectivity index (χ0v) is 30.2. The van der Waals surface area contributed by atoms with E-state index in [4.69, 9.17) is 9.47 Å². The SMILES string of the molecule is CCCCCCCCC(CCCCCCCC)C(=O)OCCCCCC(=O)N1CCc2c(sc(C)c2C(=O)OCCN(C)C)C1. The van der Waals surface area contributed by atoms with Crippen LogP contribution < -0.4 is 0 Å². The first-order valence-corrected chi connectivity index (χ1v) is 19.0. The van der Waals surface area contributed by atoms with E-state index in [2.05, 4.69) is 13.8 Å². The maximum atomic E-state index is 13.0. The molecule has 0 N–H and O–H groups in total. The summed E-state index contributed by atoms with van der Waals surface area (Å²) in [6.07, 6.45) is 20.5. The van der Waals surface area contributed by atoms with Crippen molar-refractivity contribution in [3.05, 3.63) is 20.9 Å². The molecule has 0 saturated heterocycles. The van der Waals surface area contributed by atoms with Crippen molar-refractivity contribution in [2.24, 2.45) is 5.92 Å². The molecule has 258 valence electrons. The average Bonchev–Trinajstić information content (AvgIpc) is 3.35. The molecule has 45 heavy (non-hydrogen) atoms. The van der Waals surface area contributed by atoms with Gasteiger partial charge in [-0.2, -0.15) is 0 Å². The standard InChI is InChI=1S/C37H64N2O5S/c1-6-8-10-12-14-17-21-31(22-18-15-13-11-9-7-2)36(41)43-27-20-16-19-23-34(40)39-25-24-32-33(29-39)45-30(3)35(32)37(42)44-28-26-38(4)5/h31H,6-29H2,1-5H3. The first-order chi connectivity index (χ1) is 21.8. The lowest BCUT2D eigenvalue weighted by Crippen LogP contribution is -2.35. The van der Waals surface area contributed by atoms with Gasteiger partial charge in [-0.1, -0.05) is 90.9 Å². The van der Waals surface area contributed by atoms with Crippen LogP contribution in [0, 0.1) is 12.8 Å². The minimum atomic E-state index is -0.247. The fourth-order valence-electron chi connectivity index (χ4n) is 6.14. The Morgan fingerprint density at radius 2 is 1.40 bits per heavy atom. The van der Waals surface area contributed by atoms with Crippen LogP contribution >= 0.6 is 11.3 Å². The van der Waals surface area contributed by atoms with Gasteiger partial charge in [0.2, 0.25) is 5.91 Å². The number of hydrogen-bond donors (Lipinski definition) is 0. The molecule has 0 aromatic carbocycles. The van der Waals surface area contributed by atoms with E-state index >= 15 is 0 Å². The first-order valence-electron chi connectivity index (χ1n) is 18.2. The average molecular weight is 649 g/mol. The number of carbonyl (C=O) groups is 3. The Morgan fingerprint density at radius 1 is 0.800 bits per heavy atom. The molecule has 1 amide bonds. The third kappa shape index (κ3) is 15.5. The lowest BCUT2D eigenvalue weighted by molar-refractivity contribution is -0.149. The summed E-state index contributed by atoms with van der Waals surface area (Å²) in [4.78, 5) is 44.7. The van der Waals surface area contributed by atoms with Crippen LogP contribution in [0.1, 0.15) is 155 Å². The summed E-state index contributed by atoms with van der Waals surface area (Å²) >= 11 is 1.61. The van der Waals surface area contributed by atoms with Gasteiger partial charge in [0.25, 0.3) is 0 Å². The third-order valence-electron chi connectivity index (χ3n) is 8.99. The van der Waals surface area contributed by atoms with Gasteiger partial charge in [-0.25, -0.2) is 4.79 Å². The lowest BCUT2D eigenvalue weighted by Gasteiger charge is -2.27. The van der Waals surface area contributed by atoms with E-state index in [1.807, 2.05) is 30.8 Å². The molecule has 0 aliphatic carbocycles. The van der Waals surface area contributed by atoms with Gasteiger partial charge < -0.3 is 19.3 Å². The van der Waals surface area contributed by atoms with Crippen LogP contribution in [-0.4, -0.2) is 68.0 Å². The number of likely N-dealkylation sites (N-methyl/N-ethyl adjacent to an activating group) is 1. The number of carbonyl (C=O) groups excluding carboxylic acids is 3. The predicted octanol–water partition coefficient (Wildman–Crippen LogP) is 8.88. The van der Waals surface area contributed by atoms with Gasteiger partial charge in [-0.3, -0.25) is 9.59 Å². The molecule has 1 aliphatic rings. The van der Waals surface area contributed by atoms with Crippen LogP contribution in [0.2, 0.25) is 0 Å². The Morgan fingerprint density at radius 3 is 2.02 bits per heavy atom. The Kier molecular flexibility index (Phi) is 20.4. The van der Waals surface area contributed by atoms with Crippen molar-refractivity contribution in [1.82, 2.24) is 9.80 Å². The minimum Gasteiger partial charge on any atom is -0.465 e. The molecule has 0 atom stereocenters. The molecule has 0 unspecified atom stereocenters. The molecule has 0 saturated carbocycles. The summed E-state index contributed by atoms with van der Waals surface area (Å²) < 4.78 is 11.3. The Bertz CT molecular complexity index is 976. The van der Waals surface area contributed by atoms with Gasteiger partial charge >= 0.3 is 11.9 Å². The van der Waals surface area contributed by atoms with Crippen LogP contribution in [0.15, 0.2) is 0 Å². The van der Waals surface area contributed by atoms with Gasteiger partial charge in [0, 0.05) is 29.3 Å². The van der Waals surface area contributed by atoms with Crippen LogP contribution in [0.3, 0.4) is 0 Å². The highest BCUT2D eigenvalue weighted by molar-refractivity contribution is 7.12. The summed E-state index contributed by atoms with van der Waals surface area (Å²) in [6.45, 7) is 9.17. The molecule has 2 rings (SSSR count). The molecular weight excluding hydrogens is 584 g/mol. The molecule has 1 aliphatic heterocycles. The largest absolute Gasteiger partial charge is 0.465 e. The number of unbranched alkanes of at least 4 members (excludes halogenated alkanes) is 12. The maximum absolute atomic E-state index is 13.0. The zero-order valence-electron chi connectivity index (χ0n) is 29.4. The van der Waals surface area contributed by atoms with Crippen molar-refractivity contribution in [3.8, 4) is 0 Å². The third-order valence-corrected chi connectivity index (χ3v) is 10.1. The summed E-state index contributed by atoms with van der Waals surface area (Å²) in [5.74, 6) is -0.0565. The quantitative estimate of drug-likeness (QED) is 0.0779. The number of nitrogens with zero attached hydrogens (tertiary/aromatic N) is 2. The number of esters is 2. The molecule has 7 nitrogen and oxygen atoms in total. The maximum Gasteiger partial charge on any atom is 0.339 e. The second-order valence-corrected chi connectivity index (χ2v) is 14.5. The van der Waals surface area contributed by atoms with E-state index in [0.29, 0.717) is 51.3 Å². The summed E-state index contributed by atoms with van der Waals surface area (Å²) in [5.41, 5.74) is 1.76. The number of aryl methyl sites for hydroxylation is 1. The number of fused-ring (bicyclic) bond motifs is 1. The fourth-order valence-corrected chi connectivity index (χ4v) is 7.37. The Balaban J connectivity index is 1.69. The van der Waals surface area contributed by atoms with Crippen molar-refractivity contribution in [2.45, 2.75) is 149 Å². The van der Waals surface area contributed by atoms with Gasteiger partial charge in [-0.15, -0.1) is 11.3 Å². The monoisotopic (exact) mass is 648 g/mol. The van der Waals surface area contributed by atoms with Crippen LogP contribution in [0.5, 0.6) is 0 Å². The van der Waals surface area contributed by atoms with Crippen molar-refractivity contribution in [2.75, 3.05) is 40.4 Å². The second kappa shape index (κ2) is 23.4. The summed E-state index contributed by atoms with van der Waals surface area (Å²) in [7, 11) is 3.91. The predicted molar refractivity (Wildman–Crippen MR) is 186 cm³/mol. The van der Waals surface area contributed by atoms with Crippen molar-refractivity contribution in [3.63, 3.8) is 0 Å². The number of rotatable bonds is 25. The Labute approximate surface area is 278 Å². The highest BCUT2D eigenvalue weighted by Crippen LogP contribution is 2.33. The normalized spacial score (nSPS) is 13.0. The smallest absolute Gasteiger partial charge is 0.339 e. The molecule has 0 fully saturated rings. The molecule has 2 heterocycles. The number of ether oxygens (including phenoxy) is 2. The van der Waals surface area contributed by atoms with E-state index in [-0.39, 0.29) is 23.8 Å². The van der Waals surface area contributed by atoms with Crippen molar-refractivity contribution in [1.29, 1.82) is 0 Å². The van der Waals surface area contributed by atoms with Crippen LogP contribution in [0.4, 0.5) is 0 Å². The topological polar surface area (TPSA) is 76.2 Å². The molecular formula is C37H64N2O5S.